The van der Waals surface area contributed by atoms with Crippen LogP contribution in [0, 0.1) is 6.92 Å². The zero-order chi connectivity index (χ0) is 13.2. The second kappa shape index (κ2) is 5.34. The number of thioether (sulfide) groups is 1. The Morgan fingerprint density at radius 2 is 2.44 bits per heavy atom. The van der Waals surface area contributed by atoms with E-state index in [0.717, 1.165) is 23.1 Å². The number of amidine groups is 1. The van der Waals surface area contributed by atoms with E-state index < -0.39 is 0 Å². The number of rotatable bonds is 3. The summed E-state index contributed by atoms with van der Waals surface area (Å²) in [5.41, 5.74) is 0.177. The van der Waals surface area contributed by atoms with Crippen LogP contribution in [0.3, 0.4) is 0 Å². The molecule has 1 aromatic rings. The Morgan fingerprint density at radius 1 is 1.67 bits per heavy atom. The van der Waals surface area contributed by atoms with Crippen LogP contribution in [0.1, 0.15) is 51.3 Å². The van der Waals surface area contributed by atoms with E-state index in [-0.39, 0.29) is 11.6 Å². The van der Waals surface area contributed by atoms with Gasteiger partial charge in [-0.05, 0) is 33.6 Å². The van der Waals surface area contributed by atoms with Gasteiger partial charge in [0.2, 0.25) is 5.89 Å². The van der Waals surface area contributed by atoms with Crippen LogP contribution < -0.4 is 5.32 Å². The molecule has 1 aliphatic rings. The first-order valence-corrected chi connectivity index (χ1v) is 7.42. The molecule has 100 valence electrons. The highest BCUT2D eigenvalue weighted by Crippen LogP contribution is 2.27. The lowest BCUT2D eigenvalue weighted by atomic mass is 9.96. The van der Waals surface area contributed by atoms with E-state index in [2.05, 4.69) is 29.1 Å². The number of nitrogens with one attached hydrogen (secondary N) is 1. The van der Waals surface area contributed by atoms with Gasteiger partial charge < -0.3 is 9.73 Å². The van der Waals surface area contributed by atoms with Gasteiger partial charge in [0, 0.05) is 11.3 Å². The summed E-state index contributed by atoms with van der Waals surface area (Å²) in [6.45, 7) is 8.38. The zero-order valence-corrected chi connectivity index (χ0v) is 12.3. The number of oxazole rings is 1. The standard InChI is InChI=1S/C13H21N3OS/c1-5-13(4)6-7-18-12(16-13)15-10(3)11-14-8-9(2)17-11/h8,10H,5-7H2,1-4H3,(H,15,16). The molecular formula is C13H21N3OS. The van der Waals surface area contributed by atoms with Crippen LogP contribution >= 0.6 is 11.8 Å². The SMILES string of the molecule is CCC1(C)CCSC(=NC(C)c2ncc(C)o2)N1. The van der Waals surface area contributed by atoms with Crippen LogP contribution in [0.25, 0.3) is 0 Å². The number of aliphatic imine (C=N–C) groups is 1. The molecule has 2 unspecified atom stereocenters. The summed E-state index contributed by atoms with van der Waals surface area (Å²) in [4.78, 5) is 8.90. The Balaban J connectivity index is 2.08. The Bertz CT molecular complexity index is 443. The maximum Gasteiger partial charge on any atom is 0.218 e. The average molecular weight is 267 g/mol. The van der Waals surface area contributed by atoms with Crippen molar-refractivity contribution in [3.63, 3.8) is 0 Å². The van der Waals surface area contributed by atoms with Crippen LogP contribution in [-0.4, -0.2) is 21.4 Å². The molecule has 0 amide bonds. The molecule has 18 heavy (non-hydrogen) atoms. The Morgan fingerprint density at radius 3 is 3.06 bits per heavy atom. The van der Waals surface area contributed by atoms with Crippen molar-refractivity contribution in [1.29, 1.82) is 0 Å². The normalized spacial score (nSPS) is 28.1. The van der Waals surface area contributed by atoms with Gasteiger partial charge in [0.05, 0.1) is 6.20 Å². The molecule has 1 fully saturated rings. The maximum atomic E-state index is 5.51. The molecule has 5 heteroatoms. The van der Waals surface area contributed by atoms with Crippen LogP contribution in [0.5, 0.6) is 0 Å². The van der Waals surface area contributed by atoms with Crippen molar-refractivity contribution in [1.82, 2.24) is 10.3 Å². The van der Waals surface area contributed by atoms with Gasteiger partial charge in [-0.3, -0.25) is 0 Å². The minimum Gasteiger partial charge on any atom is -0.444 e. The van der Waals surface area contributed by atoms with Gasteiger partial charge in [-0.15, -0.1) is 0 Å². The third-order valence-corrected chi connectivity index (χ3v) is 4.28. The van der Waals surface area contributed by atoms with E-state index in [4.69, 9.17) is 4.42 Å². The van der Waals surface area contributed by atoms with E-state index >= 15 is 0 Å². The van der Waals surface area contributed by atoms with Crippen molar-refractivity contribution < 1.29 is 4.42 Å². The van der Waals surface area contributed by atoms with Crippen LogP contribution in [-0.2, 0) is 0 Å². The monoisotopic (exact) mass is 267 g/mol. The van der Waals surface area contributed by atoms with Crippen molar-refractivity contribution in [2.24, 2.45) is 4.99 Å². The summed E-state index contributed by atoms with van der Waals surface area (Å²) in [6, 6.07) is -0.0343. The third-order valence-electron chi connectivity index (χ3n) is 3.39. The first kappa shape index (κ1) is 13.5. The molecule has 0 spiro atoms. The number of hydrogen-bond donors (Lipinski definition) is 1. The predicted molar refractivity (Wildman–Crippen MR) is 76.0 cm³/mol. The molecule has 1 N–H and O–H groups in total. The Kier molecular flexibility index (Phi) is 4.00. The smallest absolute Gasteiger partial charge is 0.218 e. The highest BCUT2D eigenvalue weighted by atomic mass is 32.2. The molecule has 0 saturated carbocycles. The third kappa shape index (κ3) is 3.07. The van der Waals surface area contributed by atoms with Gasteiger partial charge in [0.15, 0.2) is 5.17 Å². The average Bonchev–Trinajstić information content (AvgIpc) is 2.76. The topological polar surface area (TPSA) is 50.4 Å². The minimum atomic E-state index is -0.0343. The summed E-state index contributed by atoms with van der Waals surface area (Å²) >= 11 is 1.78. The Hall–Kier alpha value is -0.970. The molecular weight excluding hydrogens is 246 g/mol. The van der Waals surface area contributed by atoms with Crippen LogP contribution in [0.15, 0.2) is 15.6 Å². The molecule has 2 heterocycles. The number of aryl methyl sites for hydroxylation is 1. The fourth-order valence-electron chi connectivity index (χ4n) is 1.86. The maximum absolute atomic E-state index is 5.51. The van der Waals surface area contributed by atoms with Gasteiger partial charge in [-0.1, -0.05) is 18.7 Å². The molecule has 1 aliphatic heterocycles. The lowest BCUT2D eigenvalue weighted by Gasteiger charge is -2.35. The first-order chi connectivity index (χ1) is 8.52. The van der Waals surface area contributed by atoms with Crippen molar-refractivity contribution in [2.45, 2.75) is 52.1 Å². The van der Waals surface area contributed by atoms with E-state index in [1.807, 2.05) is 13.8 Å². The second-order valence-electron chi connectivity index (χ2n) is 5.06. The summed E-state index contributed by atoms with van der Waals surface area (Å²) in [5.74, 6) is 2.64. The number of nitrogens with zero attached hydrogens (tertiary/aromatic N) is 2. The molecule has 4 nitrogen and oxygen atoms in total. The predicted octanol–water partition coefficient (Wildman–Crippen LogP) is 3.30. The summed E-state index contributed by atoms with van der Waals surface area (Å²) in [7, 11) is 0. The van der Waals surface area contributed by atoms with Gasteiger partial charge in [-0.25, -0.2) is 9.98 Å². The van der Waals surface area contributed by atoms with E-state index in [1.54, 1.807) is 18.0 Å². The molecule has 0 bridgehead atoms. The van der Waals surface area contributed by atoms with Crippen LogP contribution in [0.2, 0.25) is 0 Å². The van der Waals surface area contributed by atoms with Gasteiger partial charge in [0.1, 0.15) is 11.8 Å². The van der Waals surface area contributed by atoms with E-state index in [9.17, 15) is 0 Å². The van der Waals surface area contributed by atoms with E-state index in [0.29, 0.717) is 5.89 Å². The quantitative estimate of drug-likeness (QED) is 0.913. The number of aromatic nitrogens is 1. The van der Waals surface area contributed by atoms with Crippen LogP contribution in [0.4, 0.5) is 0 Å². The molecule has 0 aliphatic carbocycles. The van der Waals surface area contributed by atoms with Gasteiger partial charge in [-0.2, -0.15) is 0 Å². The summed E-state index contributed by atoms with van der Waals surface area (Å²) in [6.07, 6.45) is 4.03. The number of hydrogen-bond acceptors (Lipinski definition) is 4. The summed E-state index contributed by atoms with van der Waals surface area (Å²) < 4.78 is 5.51. The van der Waals surface area contributed by atoms with Crippen molar-refractivity contribution in [2.75, 3.05) is 5.75 Å². The highest BCUT2D eigenvalue weighted by molar-refractivity contribution is 8.13. The lowest BCUT2D eigenvalue weighted by Crippen LogP contribution is -2.48. The molecule has 2 rings (SSSR count). The fraction of sp³-hybridized carbons (Fsp3) is 0.692. The molecule has 1 saturated heterocycles. The molecule has 2 atom stereocenters. The highest BCUT2D eigenvalue weighted by Gasteiger charge is 2.28. The first-order valence-electron chi connectivity index (χ1n) is 6.43. The van der Waals surface area contributed by atoms with Gasteiger partial charge in [0.25, 0.3) is 0 Å². The zero-order valence-electron chi connectivity index (χ0n) is 11.5. The Labute approximate surface area is 113 Å². The summed E-state index contributed by atoms with van der Waals surface area (Å²) in [5, 5.41) is 4.54. The van der Waals surface area contributed by atoms with Gasteiger partial charge >= 0.3 is 0 Å². The van der Waals surface area contributed by atoms with E-state index in [1.165, 1.54) is 6.42 Å². The largest absolute Gasteiger partial charge is 0.444 e. The molecule has 1 aromatic heterocycles. The fourth-order valence-corrected chi connectivity index (χ4v) is 3.16. The molecule has 0 aromatic carbocycles. The second-order valence-corrected chi connectivity index (χ2v) is 6.14. The molecule has 0 radical (unpaired) electrons. The minimum absolute atomic E-state index is 0.0343. The van der Waals surface area contributed by atoms with Crippen molar-refractivity contribution in [3.8, 4) is 0 Å². The lowest BCUT2D eigenvalue weighted by molar-refractivity contribution is 0.387. The van der Waals surface area contributed by atoms with Crippen molar-refractivity contribution >= 4 is 16.9 Å². The van der Waals surface area contributed by atoms with Crippen molar-refractivity contribution in [3.05, 3.63) is 17.8 Å².